The minimum atomic E-state index is -0.769. The van der Waals surface area contributed by atoms with Gasteiger partial charge in [-0.15, -0.1) is 11.8 Å². The Morgan fingerprint density at radius 1 is 1.20 bits per heavy atom. The number of carbonyl (C=O) groups is 3. The van der Waals surface area contributed by atoms with Crippen molar-refractivity contribution in [3.05, 3.63) is 39.4 Å². The number of rotatable bonds is 5. The molecule has 4 amide bonds. The number of nitro benzene ring substituents is 1. The number of nitro groups is 1. The van der Waals surface area contributed by atoms with Gasteiger partial charge in [-0.25, -0.2) is 4.79 Å². The van der Waals surface area contributed by atoms with Gasteiger partial charge in [0.15, 0.2) is 0 Å². The van der Waals surface area contributed by atoms with Crippen molar-refractivity contribution in [3.63, 3.8) is 0 Å². The number of nitrogens with zero attached hydrogens (tertiary/aromatic N) is 3. The number of hydrogen-bond acceptors (Lipinski definition) is 7. The molecule has 1 aliphatic rings. The van der Waals surface area contributed by atoms with Crippen LogP contribution >= 0.6 is 11.8 Å². The zero-order valence-electron chi connectivity index (χ0n) is 13.5. The normalized spacial score (nSPS) is 15.0. The number of amides is 4. The summed E-state index contributed by atoms with van der Waals surface area (Å²) < 4.78 is 0. The molecule has 1 aliphatic heterocycles. The molecule has 0 spiro atoms. The third-order valence-electron chi connectivity index (χ3n) is 3.48. The van der Waals surface area contributed by atoms with Crippen LogP contribution in [0.15, 0.2) is 28.7 Å². The third kappa shape index (κ3) is 3.69. The highest BCUT2D eigenvalue weighted by Gasteiger charge is 2.37. The van der Waals surface area contributed by atoms with E-state index in [2.05, 4.69) is 0 Å². The van der Waals surface area contributed by atoms with Crippen molar-refractivity contribution in [1.29, 1.82) is 0 Å². The van der Waals surface area contributed by atoms with Gasteiger partial charge < -0.3 is 5.11 Å². The summed E-state index contributed by atoms with van der Waals surface area (Å²) in [5.41, 5.74) is -0.163. The van der Waals surface area contributed by atoms with Gasteiger partial charge in [0, 0.05) is 25.9 Å². The van der Waals surface area contributed by atoms with E-state index in [4.69, 9.17) is 5.11 Å². The predicted octanol–water partition coefficient (Wildman–Crippen LogP) is 1.11. The van der Waals surface area contributed by atoms with Crippen molar-refractivity contribution in [2.24, 2.45) is 0 Å². The van der Waals surface area contributed by atoms with Crippen molar-refractivity contribution in [2.75, 3.05) is 26.5 Å². The molecule has 1 aromatic carbocycles. The first-order chi connectivity index (χ1) is 11.8. The quantitative estimate of drug-likeness (QED) is 0.273. The Labute approximate surface area is 147 Å². The van der Waals surface area contributed by atoms with E-state index in [0.29, 0.717) is 10.6 Å². The smallest absolute Gasteiger partial charge is 0.333 e. The Bertz CT molecular complexity index is 765. The van der Waals surface area contributed by atoms with Crippen LogP contribution in [0, 0.1) is 10.1 Å². The van der Waals surface area contributed by atoms with Crippen LogP contribution in [-0.2, 0) is 9.59 Å². The van der Waals surface area contributed by atoms with Crippen molar-refractivity contribution >= 4 is 41.4 Å². The van der Waals surface area contributed by atoms with Crippen LogP contribution in [0.4, 0.5) is 10.5 Å². The van der Waals surface area contributed by atoms with Gasteiger partial charge in [0.05, 0.1) is 16.4 Å². The molecule has 25 heavy (non-hydrogen) atoms. The molecular formula is C15H15N3O6S. The summed E-state index contributed by atoms with van der Waals surface area (Å²) in [5, 5.41) is 20.1. The van der Waals surface area contributed by atoms with E-state index in [0.717, 1.165) is 21.6 Å². The van der Waals surface area contributed by atoms with Gasteiger partial charge in [0.1, 0.15) is 5.57 Å². The fourth-order valence-corrected chi connectivity index (χ4v) is 2.94. The van der Waals surface area contributed by atoms with Crippen LogP contribution in [0.25, 0.3) is 6.08 Å². The third-order valence-corrected chi connectivity index (χ3v) is 4.53. The Balaban J connectivity index is 2.44. The minimum absolute atomic E-state index is 0.122. The van der Waals surface area contributed by atoms with Crippen molar-refractivity contribution in [2.45, 2.75) is 4.90 Å². The summed E-state index contributed by atoms with van der Waals surface area (Å²) in [6, 6.07) is 3.51. The first-order valence-corrected chi connectivity index (χ1v) is 8.10. The van der Waals surface area contributed by atoms with Crippen LogP contribution in [-0.4, -0.2) is 64.1 Å². The van der Waals surface area contributed by atoms with E-state index in [1.807, 2.05) is 0 Å². The summed E-state index contributed by atoms with van der Waals surface area (Å²) in [6.45, 7) is -0.122. The average molecular weight is 365 g/mol. The number of thioether (sulfide) groups is 1. The number of imide groups is 2. The second kappa shape index (κ2) is 7.45. The maximum absolute atomic E-state index is 12.1. The van der Waals surface area contributed by atoms with Crippen molar-refractivity contribution in [1.82, 2.24) is 9.80 Å². The number of aliphatic hydroxyl groups excluding tert-OH is 1. The van der Waals surface area contributed by atoms with Gasteiger partial charge in [-0.2, -0.15) is 0 Å². The van der Waals surface area contributed by atoms with E-state index < -0.39 is 22.8 Å². The lowest BCUT2D eigenvalue weighted by Gasteiger charge is -2.28. The molecule has 2 rings (SSSR count). The molecule has 132 valence electrons. The van der Waals surface area contributed by atoms with E-state index >= 15 is 0 Å². The highest BCUT2D eigenvalue weighted by Crippen LogP contribution is 2.31. The van der Waals surface area contributed by atoms with Crippen LogP contribution in [0.3, 0.4) is 0 Å². The Kier molecular flexibility index (Phi) is 5.55. The molecule has 0 saturated carbocycles. The summed E-state index contributed by atoms with van der Waals surface area (Å²) in [5.74, 6) is -1.24. The second-order valence-corrected chi connectivity index (χ2v) is 6.26. The van der Waals surface area contributed by atoms with E-state index in [-0.39, 0.29) is 23.4 Å². The fraction of sp³-hybridized carbons (Fsp3) is 0.267. The average Bonchev–Trinajstić information content (AvgIpc) is 2.60. The molecule has 0 unspecified atom stereocenters. The van der Waals surface area contributed by atoms with Gasteiger partial charge in [-0.3, -0.25) is 29.5 Å². The summed E-state index contributed by atoms with van der Waals surface area (Å²) in [4.78, 5) is 48.6. The lowest BCUT2D eigenvalue weighted by atomic mass is 10.1. The first-order valence-electron chi connectivity index (χ1n) is 7.11. The van der Waals surface area contributed by atoms with Crippen LogP contribution in [0.5, 0.6) is 0 Å². The monoisotopic (exact) mass is 365 g/mol. The Morgan fingerprint density at radius 2 is 1.80 bits per heavy atom. The van der Waals surface area contributed by atoms with Crippen molar-refractivity contribution in [3.8, 4) is 0 Å². The molecule has 1 N–H and O–H groups in total. The van der Waals surface area contributed by atoms with E-state index in [1.54, 1.807) is 0 Å². The van der Waals surface area contributed by atoms with Gasteiger partial charge in [0.25, 0.3) is 17.5 Å². The lowest BCUT2D eigenvalue weighted by molar-refractivity contribution is -0.387. The van der Waals surface area contributed by atoms with E-state index in [9.17, 15) is 24.5 Å². The molecule has 1 fully saturated rings. The summed E-state index contributed by atoms with van der Waals surface area (Å²) >= 11 is 1.12. The molecule has 1 saturated heterocycles. The zero-order valence-corrected chi connectivity index (χ0v) is 14.3. The number of likely N-dealkylation sites (N-methyl/N-ethyl adjacent to an activating group) is 2. The second-order valence-electron chi connectivity index (χ2n) is 5.13. The largest absolute Gasteiger partial charge is 0.396 e. The lowest BCUT2D eigenvalue weighted by Crippen LogP contribution is -2.52. The number of hydrogen-bond donors (Lipinski definition) is 1. The first kappa shape index (κ1) is 18.6. The molecule has 9 nitrogen and oxygen atoms in total. The summed E-state index contributed by atoms with van der Waals surface area (Å²) in [6.07, 6.45) is 1.22. The number of benzene rings is 1. The molecule has 0 bridgehead atoms. The number of carbonyl (C=O) groups excluding carboxylic acids is 3. The van der Waals surface area contributed by atoms with Crippen LogP contribution in [0.1, 0.15) is 5.56 Å². The van der Waals surface area contributed by atoms with E-state index in [1.165, 1.54) is 38.4 Å². The Hall–Kier alpha value is -2.72. The maximum Gasteiger partial charge on any atom is 0.333 e. The Morgan fingerprint density at radius 3 is 2.32 bits per heavy atom. The molecule has 1 heterocycles. The predicted molar refractivity (Wildman–Crippen MR) is 89.8 cm³/mol. The number of barbiturate groups is 1. The van der Waals surface area contributed by atoms with Gasteiger partial charge >= 0.3 is 6.03 Å². The zero-order chi connectivity index (χ0) is 18.7. The molecule has 0 aliphatic carbocycles. The highest BCUT2D eigenvalue weighted by molar-refractivity contribution is 7.99. The standard InChI is InChI=1S/C15H15N3O6S/c1-16-13(20)10(14(21)17(2)15(16)22)7-9-3-4-12(25-6-5-19)11(8-9)18(23)24/h3-4,7-8,19H,5-6H2,1-2H3. The topological polar surface area (TPSA) is 121 Å². The van der Waals surface area contributed by atoms with Gasteiger partial charge in [-0.1, -0.05) is 6.07 Å². The molecular weight excluding hydrogens is 350 g/mol. The molecule has 0 atom stereocenters. The molecule has 0 radical (unpaired) electrons. The van der Waals surface area contributed by atoms with Crippen LogP contribution in [0.2, 0.25) is 0 Å². The summed E-state index contributed by atoms with van der Waals surface area (Å²) in [7, 11) is 2.50. The van der Waals surface area contributed by atoms with Crippen LogP contribution < -0.4 is 0 Å². The minimum Gasteiger partial charge on any atom is -0.396 e. The number of aliphatic hydroxyl groups is 1. The maximum atomic E-state index is 12.1. The SMILES string of the molecule is CN1C(=O)C(=Cc2ccc(SCCO)c([N+](=O)[O-])c2)C(=O)N(C)C1=O. The molecule has 10 heteroatoms. The van der Waals surface area contributed by atoms with Gasteiger partial charge in [-0.05, 0) is 17.7 Å². The van der Waals surface area contributed by atoms with Crippen molar-refractivity contribution < 1.29 is 24.4 Å². The molecule has 1 aromatic rings. The molecule has 0 aromatic heterocycles. The fourth-order valence-electron chi connectivity index (χ4n) is 2.19. The number of urea groups is 1. The van der Waals surface area contributed by atoms with Gasteiger partial charge in [0.2, 0.25) is 0 Å². The highest BCUT2D eigenvalue weighted by atomic mass is 32.2.